The number of carbonyl (C=O) groups is 1. The third-order valence-corrected chi connectivity index (χ3v) is 5.84. The number of aromatic nitrogens is 2. The molecule has 0 unspecified atom stereocenters. The highest BCUT2D eigenvalue weighted by Crippen LogP contribution is 2.52. The topological polar surface area (TPSA) is 93.3 Å². The summed E-state index contributed by atoms with van der Waals surface area (Å²) in [6, 6.07) is 9.70. The molecule has 1 aliphatic heterocycles. The van der Waals surface area contributed by atoms with E-state index in [0.717, 1.165) is 11.1 Å². The van der Waals surface area contributed by atoms with Crippen LogP contribution in [0, 0.1) is 13.8 Å². The summed E-state index contributed by atoms with van der Waals surface area (Å²) in [5, 5.41) is 2.85. The van der Waals surface area contributed by atoms with Crippen LogP contribution in [0.1, 0.15) is 29.5 Å². The van der Waals surface area contributed by atoms with Crippen LogP contribution in [0.15, 0.2) is 47.4 Å². The Morgan fingerprint density at radius 1 is 1.06 bits per heavy atom. The van der Waals surface area contributed by atoms with Gasteiger partial charge in [-0.15, -0.1) is 8.78 Å². The summed E-state index contributed by atoms with van der Waals surface area (Å²) in [6.07, 6.45) is -0.970. The molecular weight excluding hydrogens is 420 g/mol. The van der Waals surface area contributed by atoms with Gasteiger partial charge < -0.3 is 19.8 Å². The zero-order valence-corrected chi connectivity index (χ0v) is 17.3. The minimum atomic E-state index is -3.71. The van der Waals surface area contributed by atoms with Gasteiger partial charge in [-0.3, -0.25) is 9.59 Å². The number of hydrogen-bond acceptors (Lipinski definition) is 5. The first-order valence-electron chi connectivity index (χ1n) is 10.1. The van der Waals surface area contributed by atoms with E-state index in [1.807, 2.05) is 13.0 Å². The Morgan fingerprint density at radius 3 is 2.53 bits per heavy atom. The second kappa shape index (κ2) is 6.88. The average Bonchev–Trinajstić information content (AvgIpc) is 3.48. The van der Waals surface area contributed by atoms with Crippen LogP contribution in [0.25, 0.3) is 11.3 Å². The molecule has 2 aromatic heterocycles. The molecule has 0 atom stereocenters. The Hall–Kier alpha value is -3.75. The molecule has 32 heavy (non-hydrogen) atoms. The van der Waals surface area contributed by atoms with Gasteiger partial charge in [0.2, 0.25) is 5.91 Å². The molecule has 1 fully saturated rings. The Bertz CT molecular complexity index is 1310. The van der Waals surface area contributed by atoms with Crippen LogP contribution >= 0.6 is 0 Å². The Morgan fingerprint density at radius 2 is 1.81 bits per heavy atom. The Labute approximate surface area is 181 Å². The average molecular weight is 439 g/mol. The molecule has 1 amide bonds. The van der Waals surface area contributed by atoms with Gasteiger partial charge >= 0.3 is 6.29 Å². The highest BCUT2D eigenvalue weighted by atomic mass is 19.3. The number of aromatic amines is 1. The van der Waals surface area contributed by atoms with Crippen molar-refractivity contribution in [2.24, 2.45) is 0 Å². The van der Waals surface area contributed by atoms with Crippen molar-refractivity contribution in [2.45, 2.75) is 38.4 Å². The number of nitrogens with zero attached hydrogens (tertiary/aromatic N) is 1. The van der Waals surface area contributed by atoms with Gasteiger partial charge in [0.1, 0.15) is 5.82 Å². The van der Waals surface area contributed by atoms with Crippen LogP contribution in [0.4, 0.5) is 14.6 Å². The number of pyridine rings is 2. The molecule has 7 nitrogen and oxygen atoms in total. The zero-order chi connectivity index (χ0) is 22.7. The SMILES string of the molecule is Cc1ccc(NC(=O)C2(c3ccc4c(c3)OC(F)(F)O4)CC2)nc1-c1c[nH]c(=O)c(C)c1. The van der Waals surface area contributed by atoms with Gasteiger partial charge in [0.05, 0.1) is 11.1 Å². The molecule has 2 aliphatic rings. The van der Waals surface area contributed by atoms with Gasteiger partial charge in [-0.2, -0.15) is 0 Å². The molecule has 3 aromatic rings. The van der Waals surface area contributed by atoms with Crippen LogP contribution in [-0.2, 0) is 10.2 Å². The number of nitrogens with one attached hydrogen (secondary N) is 2. The van der Waals surface area contributed by atoms with Crippen molar-refractivity contribution in [1.82, 2.24) is 9.97 Å². The zero-order valence-electron chi connectivity index (χ0n) is 17.3. The molecule has 0 radical (unpaired) electrons. The Kier molecular flexibility index (Phi) is 4.34. The van der Waals surface area contributed by atoms with Gasteiger partial charge in [-0.05, 0) is 62.1 Å². The molecular formula is C23H19F2N3O4. The van der Waals surface area contributed by atoms with Crippen molar-refractivity contribution in [2.75, 3.05) is 5.32 Å². The summed E-state index contributed by atoms with van der Waals surface area (Å²) in [5.41, 5.74) is 2.38. The summed E-state index contributed by atoms with van der Waals surface area (Å²) in [7, 11) is 0. The number of amides is 1. The number of halogens is 2. The second-order valence-electron chi connectivity index (χ2n) is 8.13. The smallest absolute Gasteiger partial charge is 0.395 e. The number of H-pyrrole nitrogens is 1. The summed E-state index contributed by atoms with van der Waals surface area (Å²) in [5.74, 6) is -0.0622. The maximum Gasteiger partial charge on any atom is 0.586 e. The second-order valence-corrected chi connectivity index (χ2v) is 8.13. The molecule has 1 aliphatic carbocycles. The highest BCUT2D eigenvalue weighted by molar-refractivity contribution is 6.01. The molecule has 1 aromatic carbocycles. The number of anilines is 1. The number of rotatable bonds is 4. The van der Waals surface area contributed by atoms with Crippen LogP contribution in [0.5, 0.6) is 11.5 Å². The minimum absolute atomic E-state index is 0.0593. The van der Waals surface area contributed by atoms with Gasteiger partial charge in [0.15, 0.2) is 11.5 Å². The van der Waals surface area contributed by atoms with Gasteiger partial charge in [0, 0.05) is 17.3 Å². The third-order valence-electron chi connectivity index (χ3n) is 5.84. The predicted octanol–water partition coefficient (Wildman–Crippen LogP) is 4.05. The molecule has 5 rings (SSSR count). The van der Waals surface area contributed by atoms with E-state index >= 15 is 0 Å². The van der Waals surface area contributed by atoms with Crippen molar-refractivity contribution >= 4 is 11.7 Å². The third kappa shape index (κ3) is 3.39. The largest absolute Gasteiger partial charge is 0.586 e. The monoisotopic (exact) mass is 439 g/mol. The molecule has 3 heterocycles. The quantitative estimate of drug-likeness (QED) is 0.640. The highest BCUT2D eigenvalue weighted by Gasteiger charge is 2.53. The fourth-order valence-corrected chi connectivity index (χ4v) is 3.88. The minimum Gasteiger partial charge on any atom is -0.395 e. The molecule has 9 heteroatoms. The lowest BCUT2D eigenvalue weighted by Gasteiger charge is -2.17. The molecule has 164 valence electrons. The molecule has 1 saturated carbocycles. The van der Waals surface area contributed by atoms with E-state index in [-0.39, 0.29) is 23.0 Å². The van der Waals surface area contributed by atoms with E-state index in [1.54, 1.807) is 31.3 Å². The molecule has 2 N–H and O–H groups in total. The van der Waals surface area contributed by atoms with Crippen LogP contribution < -0.4 is 20.3 Å². The standard InChI is InChI=1S/C23H19F2N3O4/c1-12-3-6-18(27-19(12)14-9-13(2)20(29)26-11-14)28-21(30)22(7-8-22)15-4-5-16-17(10-15)32-23(24,25)31-16/h3-6,9-11H,7-8H2,1-2H3,(H,26,29)(H,27,28,30). The number of ether oxygens (including phenoxy) is 2. The summed E-state index contributed by atoms with van der Waals surface area (Å²) in [6.45, 7) is 3.60. The van der Waals surface area contributed by atoms with E-state index in [9.17, 15) is 18.4 Å². The lowest BCUT2D eigenvalue weighted by Crippen LogP contribution is -2.28. The predicted molar refractivity (Wildman–Crippen MR) is 112 cm³/mol. The summed E-state index contributed by atoms with van der Waals surface area (Å²) < 4.78 is 35.6. The van der Waals surface area contributed by atoms with Crippen LogP contribution in [-0.4, -0.2) is 22.2 Å². The number of aryl methyl sites for hydroxylation is 2. The number of alkyl halides is 2. The van der Waals surface area contributed by atoms with E-state index in [1.165, 1.54) is 12.1 Å². The van der Waals surface area contributed by atoms with Gasteiger partial charge in [0.25, 0.3) is 5.56 Å². The number of benzene rings is 1. The fourth-order valence-electron chi connectivity index (χ4n) is 3.88. The lowest BCUT2D eigenvalue weighted by molar-refractivity contribution is -0.286. The van der Waals surface area contributed by atoms with Crippen molar-refractivity contribution in [3.8, 4) is 22.8 Å². The number of carbonyl (C=O) groups excluding carboxylic acids is 1. The van der Waals surface area contributed by atoms with Crippen molar-refractivity contribution < 1.29 is 23.0 Å². The number of fused-ring (bicyclic) bond motifs is 1. The van der Waals surface area contributed by atoms with Gasteiger partial charge in [-0.1, -0.05) is 12.1 Å². The number of hydrogen-bond donors (Lipinski definition) is 2. The molecule has 0 spiro atoms. The van der Waals surface area contributed by atoms with Crippen molar-refractivity contribution in [3.63, 3.8) is 0 Å². The summed E-state index contributed by atoms with van der Waals surface area (Å²) >= 11 is 0. The van der Waals surface area contributed by atoms with E-state index < -0.39 is 11.7 Å². The first-order chi connectivity index (χ1) is 15.2. The Balaban J connectivity index is 1.41. The first kappa shape index (κ1) is 20.2. The van der Waals surface area contributed by atoms with E-state index in [2.05, 4.69) is 24.8 Å². The molecule has 0 bridgehead atoms. The summed E-state index contributed by atoms with van der Waals surface area (Å²) in [4.78, 5) is 32.0. The first-order valence-corrected chi connectivity index (χ1v) is 10.1. The molecule has 0 saturated heterocycles. The fraction of sp³-hybridized carbons (Fsp3) is 0.261. The maximum absolute atomic E-state index is 13.3. The van der Waals surface area contributed by atoms with Crippen LogP contribution in [0.3, 0.4) is 0 Å². The van der Waals surface area contributed by atoms with E-state index in [4.69, 9.17) is 0 Å². The van der Waals surface area contributed by atoms with Crippen molar-refractivity contribution in [3.05, 3.63) is 69.6 Å². The maximum atomic E-state index is 13.3. The van der Waals surface area contributed by atoms with Crippen LogP contribution in [0.2, 0.25) is 0 Å². The normalized spacial score (nSPS) is 17.1. The lowest BCUT2D eigenvalue weighted by atomic mass is 9.94. The van der Waals surface area contributed by atoms with E-state index in [0.29, 0.717) is 35.5 Å². The van der Waals surface area contributed by atoms with Gasteiger partial charge in [-0.25, -0.2) is 4.98 Å². The van der Waals surface area contributed by atoms with Crippen molar-refractivity contribution in [1.29, 1.82) is 0 Å².